The molecule has 4 heteroatoms. The quantitative estimate of drug-likeness (QED) is 0.772. The van der Waals surface area contributed by atoms with E-state index >= 15 is 0 Å². The molecule has 80 valence electrons. The van der Waals surface area contributed by atoms with Crippen molar-refractivity contribution in [3.63, 3.8) is 0 Å². The summed E-state index contributed by atoms with van der Waals surface area (Å²) in [7, 11) is 0. The molecule has 1 aliphatic heterocycles. The van der Waals surface area contributed by atoms with Gasteiger partial charge in [0.15, 0.2) is 0 Å². The minimum absolute atomic E-state index is 0.308. The summed E-state index contributed by atoms with van der Waals surface area (Å²) in [4.78, 5) is 10.9. The molecule has 0 amide bonds. The highest BCUT2D eigenvalue weighted by Gasteiger charge is 2.22. The normalized spacial score (nSPS) is 19.9. The van der Waals surface area contributed by atoms with Crippen molar-refractivity contribution in [2.45, 2.75) is 12.8 Å². The Morgan fingerprint density at radius 1 is 1.53 bits per heavy atom. The number of hydrogen-bond acceptors (Lipinski definition) is 2. The van der Waals surface area contributed by atoms with E-state index < -0.39 is 5.97 Å². The van der Waals surface area contributed by atoms with Gasteiger partial charge in [0, 0.05) is 17.3 Å². The number of anilines is 1. The third kappa shape index (κ3) is 2.23. The topological polar surface area (TPSA) is 49.3 Å². The van der Waals surface area contributed by atoms with Crippen LogP contribution < -0.4 is 5.32 Å². The van der Waals surface area contributed by atoms with Crippen molar-refractivity contribution in [1.82, 2.24) is 0 Å². The molecule has 0 saturated heterocycles. The van der Waals surface area contributed by atoms with Gasteiger partial charge < -0.3 is 10.4 Å². The van der Waals surface area contributed by atoms with Crippen molar-refractivity contribution in [3.05, 3.63) is 28.8 Å². The molecule has 1 heterocycles. The lowest BCUT2D eigenvalue weighted by Crippen LogP contribution is -2.16. The highest BCUT2D eigenvalue weighted by Crippen LogP contribution is 2.27. The second-order valence-corrected chi connectivity index (χ2v) is 4.19. The number of carboxylic acid groups (broad SMARTS) is 1. The van der Waals surface area contributed by atoms with Gasteiger partial charge in [-0.25, -0.2) is 0 Å². The highest BCUT2D eigenvalue weighted by molar-refractivity contribution is 6.30. The van der Waals surface area contributed by atoms with Crippen LogP contribution >= 0.6 is 11.6 Å². The van der Waals surface area contributed by atoms with Crippen LogP contribution in [0.3, 0.4) is 0 Å². The second-order valence-electron chi connectivity index (χ2n) is 3.76. The monoisotopic (exact) mass is 225 g/mol. The molecular weight excluding hydrogens is 214 g/mol. The van der Waals surface area contributed by atoms with Gasteiger partial charge in [-0.15, -0.1) is 0 Å². The first-order chi connectivity index (χ1) is 7.16. The van der Waals surface area contributed by atoms with Crippen molar-refractivity contribution in [1.29, 1.82) is 0 Å². The van der Waals surface area contributed by atoms with Crippen molar-refractivity contribution in [3.8, 4) is 0 Å². The Balaban J connectivity index is 2.31. The fourth-order valence-corrected chi connectivity index (χ4v) is 2.06. The molecule has 2 N–H and O–H groups in total. The van der Waals surface area contributed by atoms with Crippen LogP contribution in [0.25, 0.3) is 0 Å². The third-order valence-corrected chi connectivity index (χ3v) is 2.93. The van der Waals surface area contributed by atoms with E-state index in [1.54, 1.807) is 0 Å². The number of halogens is 1. The van der Waals surface area contributed by atoms with Crippen molar-refractivity contribution < 1.29 is 9.90 Å². The smallest absolute Gasteiger partial charge is 0.306 e. The van der Waals surface area contributed by atoms with E-state index in [-0.39, 0.29) is 5.92 Å². The molecular formula is C11H12ClNO2. The number of hydrogen-bond donors (Lipinski definition) is 2. The van der Waals surface area contributed by atoms with E-state index in [0.29, 0.717) is 24.4 Å². The van der Waals surface area contributed by atoms with Gasteiger partial charge in [-0.05, 0) is 36.6 Å². The largest absolute Gasteiger partial charge is 0.481 e. The van der Waals surface area contributed by atoms with Crippen molar-refractivity contribution in [2.75, 3.05) is 11.9 Å². The Morgan fingerprint density at radius 3 is 3.07 bits per heavy atom. The predicted molar refractivity (Wildman–Crippen MR) is 59.4 cm³/mol. The summed E-state index contributed by atoms with van der Waals surface area (Å²) >= 11 is 5.88. The lowest BCUT2D eigenvalue weighted by molar-refractivity contribution is -0.141. The second kappa shape index (κ2) is 4.11. The summed E-state index contributed by atoms with van der Waals surface area (Å²) in [6, 6.07) is 5.56. The molecule has 2 rings (SSSR count). The molecule has 1 aromatic carbocycles. The zero-order valence-corrected chi connectivity index (χ0v) is 8.92. The van der Waals surface area contributed by atoms with Crippen LogP contribution in [-0.4, -0.2) is 17.6 Å². The molecule has 1 aromatic rings. The maximum absolute atomic E-state index is 10.9. The van der Waals surface area contributed by atoms with Gasteiger partial charge >= 0.3 is 5.97 Å². The molecule has 3 nitrogen and oxygen atoms in total. The first-order valence-corrected chi connectivity index (χ1v) is 5.29. The predicted octanol–water partition coefficient (Wildman–Crippen LogP) is 2.40. The molecule has 0 aliphatic carbocycles. The van der Waals surface area contributed by atoms with Crippen LogP contribution in [0.4, 0.5) is 5.69 Å². The van der Waals surface area contributed by atoms with E-state index in [9.17, 15) is 4.79 Å². The summed E-state index contributed by atoms with van der Waals surface area (Å²) < 4.78 is 0. The van der Waals surface area contributed by atoms with Gasteiger partial charge in [-0.1, -0.05) is 11.6 Å². The number of benzene rings is 1. The maximum atomic E-state index is 10.9. The van der Waals surface area contributed by atoms with E-state index in [1.165, 1.54) is 0 Å². The molecule has 0 fully saturated rings. The first-order valence-electron chi connectivity index (χ1n) is 4.92. The van der Waals surface area contributed by atoms with Gasteiger partial charge in [-0.3, -0.25) is 4.79 Å². The summed E-state index contributed by atoms with van der Waals surface area (Å²) in [6.45, 7) is 0.700. The summed E-state index contributed by atoms with van der Waals surface area (Å²) in [6.07, 6.45) is 1.21. The molecule has 15 heavy (non-hydrogen) atoms. The SMILES string of the molecule is O=C(O)C1CCNc2ccc(Cl)cc2C1. The minimum Gasteiger partial charge on any atom is -0.481 e. The van der Waals surface area contributed by atoms with E-state index in [1.807, 2.05) is 18.2 Å². The lowest BCUT2D eigenvalue weighted by Gasteiger charge is -2.08. The van der Waals surface area contributed by atoms with Gasteiger partial charge in [0.05, 0.1) is 5.92 Å². The molecule has 1 unspecified atom stereocenters. The lowest BCUT2D eigenvalue weighted by atomic mass is 9.97. The highest BCUT2D eigenvalue weighted by atomic mass is 35.5. The number of carbonyl (C=O) groups is 1. The molecule has 1 atom stereocenters. The van der Waals surface area contributed by atoms with Gasteiger partial charge in [0.1, 0.15) is 0 Å². The number of fused-ring (bicyclic) bond motifs is 1. The van der Waals surface area contributed by atoms with Crippen LogP contribution in [-0.2, 0) is 11.2 Å². The first kappa shape index (κ1) is 10.3. The molecule has 0 saturated carbocycles. The molecule has 0 spiro atoms. The third-order valence-electron chi connectivity index (χ3n) is 2.69. The van der Waals surface area contributed by atoms with Crippen LogP contribution in [0.2, 0.25) is 5.02 Å². The fraction of sp³-hybridized carbons (Fsp3) is 0.364. The van der Waals surface area contributed by atoms with E-state index in [0.717, 1.165) is 11.3 Å². The Labute approximate surface area is 93.1 Å². The fourth-order valence-electron chi connectivity index (χ4n) is 1.86. The maximum Gasteiger partial charge on any atom is 0.306 e. The molecule has 0 bridgehead atoms. The summed E-state index contributed by atoms with van der Waals surface area (Å²) in [5.41, 5.74) is 2.00. The van der Waals surface area contributed by atoms with Crippen molar-refractivity contribution >= 4 is 23.3 Å². The van der Waals surface area contributed by atoms with Crippen LogP contribution in [0.5, 0.6) is 0 Å². The minimum atomic E-state index is -0.732. The van der Waals surface area contributed by atoms with Crippen LogP contribution in [0, 0.1) is 5.92 Å². The molecule has 0 aromatic heterocycles. The Hall–Kier alpha value is -1.22. The molecule has 1 aliphatic rings. The summed E-state index contributed by atoms with van der Waals surface area (Å²) in [5, 5.41) is 12.9. The Bertz CT molecular complexity index is 392. The standard InChI is InChI=1S/C11H12ClNO2/c12-9-1-2-10-8(6-9)5-7(11(14)15)3-4-13-10/h1-2,6-7,13H,3-5H2,(H,14,15). The van der Waals surface area contributed by atoms with Crippen molar-refractivity contribution in [2.24, 2.45) is 5.92 Å². The van der Waals surface area contributed by atoms with Gasteiger partial charge in [-0.2, -0.15) is 0 Å². The summed E-state index contributed by atoms with van der Waals surface area (Å²) in [5.74, 6) is -1.04. The number of nitrogens with one attached hydrogen (secondary N) is 1. The number of rotatable bonds is 1. The van der Waals surface area contributed by atoms with Crippen LogP contribution in [0.1, 0.15) is 12.0 Å². The zero-order chi connectivity index (χ0) is 10.8. The van der Waals surface area contributed by atoms with Crippen LogP contribution in [0.15, 0.2) is 18.2 Å². The average molecular weight is 226 g/mol. The molecule has 0 radical (unpaired) electrons. The van der Waals surface area contributed by atoms with Gasteiger partial charge in [0.2, 0.25) is 0 Å². The average Bonchev–Trinajstić information content (AvgIpc) is 2.39. The number of aliphatic carboxylic acids is 1. The van der Waals surface area contributed by atoms with E-state index in [2.05, 4.69) is 5.32 Å². The number of carboxylic acids is 1. The van der Waals surface area contributed by atoms with Gasteiger partial charge in [0.25, 0.3) is 0 Å². The zero-order valence-electron chi connectivity index (χ0n) is 8.16. The van der Waals surface area contributed by atoms with E-state index in [4.69, 9.17) is 16.7 Å². The Kier molecular flexibility index (Phi) is 2.82. The Morgan fingerprint density at radius 2 is 2.33 bits per heavy atom.